The van der Waals surface area contributed by atoms with Crippen LogP contribution in [0.3, 0.4) is 0 Å². The summed E-state index contributed by atoms with van der Waals surface area (Å²) in [5.74, 6) is 0.00595. The third-order valence-electron chi connectivity index (χ3n) is 4.06. The first kappa shape index (κ1) is 14.3. The molecular formula is C16H18ClN3O. The monoisotopic (exact) mass is 303 g/mol. The quantitative estimate of drug-likeness (QED) is 0.928. The molecule has 2 heterocycles. The van der Waals surface area contributed by atoms with E-state index in [-0.39, 0.29) is 5.91 Å². The third kappa shape index (κ3) is 3.01. The van der Waals surface area contributed by atoms with E-state index in [0.29, 0.717) is 16.8 Å². The van der Waals surface area contributed by atoms with Gasteiger partial charge in [0, 0.05) is 29.5 Å². The average molecular weight is 304 g/mol. The van der Waals surface area contributed by atoms with E-state index >= 15 is 0 Å². The van der Waals surface area contributed by atoms with Gasteiger partial charge in [0.15, 0.2) is 0 Å². The molecule has 1 aliphatic heterocycles. The normalized spacial score (nSPS) is 16.4. The van der Waals surface area contributed by atoms with E-state index in [0.717, 1.165) is 36.8 Å². The SMILES string of the molecule is CNC1CCN(C(=O)c2ccc3ccc(Cl)cc3n2)CC1. The number of hydrogen-bond donors (Lipinski definition) is 1. The summed E-state index contributed by atoms with van der Waals surface area (Å²) in [6, 6.07) is 9.76. The van der Waals surface area contributed by atoms with E-state index in [9.17, 15) is 4.79 Å². The Morgan fingerprint density at radius 3 is 2.71 bits per heavy atom. The van der Waals surface area contributed by atoms with E-state index in [1.165, 1.54) is 0 Å². The van der Waals surface area contributed by atoms with Gasteiger partial charge in [0.05, 0.1) is 5.52 Å². The van der Waals surface area contributed by atoms with Crippen LogP contribution < -0.4 is 5.32 Å². The first-order chi connectivity index (χ1) is 10.2. The molecule has 2 aromatic rings. The van der Waals surface area contributed by atoms with Crippen LogP contribution in [0, 0.1) is 0 Å². The van der Waals surface area contributed by atoms with Gasteiger partial charge >= 0.3 is 0 Å². The average Bonchev–Trinajstić information content (AvgIpc) is 2.53. The van der Waals surface area contributed by atoms with Gasteiger partial charge in [-0.3, -0.25) is 4.79 Å². The van der Waals surface area contributed by atoms with Gasteiger partial charge in [0.25, 0.3) is 5.91 Å². The highest BCUT2D eigenvalue weighted by atomic mass is 35.5. The molecule has 0 saturated carbocycles. The zero-order valence-electron chi connectivity index (χ0n) is 12.0. The summed E-state index contributed by atoms with van der Waals surface area (Å²) in [7, 11) is 1.97. The van der Waals surface area contributed by atoms with E-state index in [1.807, 2.05) is 30.1 Å². The smallest absolute Gasteiger partial charge is 0.272 e. The number of hydrogen-bond acceptors (Lipinski definition) is 3. The van der Waals surface area contributed by atoms with Gasteiger partial charge in [-0.05, 0) is 38.1 Å². The molecule has 1 amide bonds. The van der Waals surface area contributed by atoms with Gasteiger partial charge < -0.3 is 10.2 Å². The number of likely N-dealkylation sites (tertiary alicyclic amines) is 1. The summed E-state index contributed by atoms with van der Waals surface area (Å²) in [6.45, 7) is 1.55. The molecule has 4 nitrogen and oxygen atoms in total. The fraction of sp³-hybridized carbons (Fsp3) is 0.375. The van der Waals surface area contributed by atoms with Gasteiger partial charge in [-0.15, -0.1) is 0 Å². The van der Waals surface area contributed by atoms with Crippen molar-refractivity contribution in [1.82, 2.24) is 15.2 Å². The number of carbonyl (C=O) groups excluding carboxylic acids is 1. The molecule has 1 N–H and O–H groups in total. The van der Waals surface area contributed by atoms with Gasteiger partial charge in [-0.1, -0.05) is 23.7 Å². The standard InChI is InChI=1S/C16H18ClN3O/c1-18-13-6-8-20(9-7-13)16(21)14-5-3-11-2-4-12(17)10-15(11)19-14/h2-5,10,13,18H,6-9H2,1H3. The van der Waals surface area contributed by atoms with Crippen LogP contribution in [0.1, 0.15) is 23.3 Å². The van der Waals surface area contributed by atoms with Gasteiger partial charge in [-0.25, -0.2) is 4.98 Å². The van der Waals surface area contributed by atoms with Gasteiger partial charge in [-0.2, -0.15) is 0 Å². The van der Waals surface area contributed by atoms with E-state index in [1.54, 1.807) is 12.1 Å². The number of rotatable bonds is 2. The molecule has 110 valence electrons. The van der Waals surface area contributed by atoms with Crippen LogP contribution in [0.4, 0.5) is 0 Å². The second kappa shape index (κ2) is 6.00. The minimum absolute atomic E-state index is 0.00595. The lowest BCUT2D eigenvalue weighted by molar-refractivity contribution is 0.0702. The summed E-state index contributed by atoms with van der Waals surface area (Å²) >= 11 is 5.99. The molecule has 21 heavy (non-hydrogen) atoms. The van der Waals surface area contributed by atoms with Crippen molar-refractivity contribution < 1.29 is 4.79 Å². The van der Waals surface area contributed by atoms with Crippen molar-refractivity contribution >= 4 is 28.4 Å². The minimum atomic E-state index is 0.00595. The van der Waals surface area contributed by atoms with Crippen LogP contribution in [-0.4, -0.2) is 42.0 Å². The third-order valence-corrected chi connectivity index (χ3v) is 4.30. The zero-order chi connectivity index (χ0) is 14.8. The number of pyridine rings is 1. The van der Waals surface area contributed by atoms with Crippen LogP contribution >= 0.6 is 11.6 Å². The Kier molecular flexibility index (Phi) is 4.08. The molecule has 5 heteroatoms. The Bertz CT molecular complexity index is 666. The maximum absolute atomic E-state index is 12.5. The van der Waals surface area contributed by atoms with Crippen molar-refractivity contribution in [2.24, 2.45) is 0 Å². The molecule has 0 spiro atoms. The highest BCUT2D eigenvalue weighted by Gasteiger charge is 2.23. The number of piperidine rings is 1. The Morgan fingerprint density at radius 1 is 1.29 bits per heavy atom. The molecule has 3 rings (SSSR count). The molecular weight excluding hydrogens is 286 g/mol. The number of nitrogens with zero attached hydrogens (tertiary/aromatic N) is 2. The molecule has 0 aliphatic carbocycles. The fourth-order valence-corrected chi connectivity index (χ4v) is 2.91. The lowest BCUT2D eigenvalue weighted by atomic mass is 10.0. The van der Waals surface area contributed by atoms with Crippen LogP contribution in [0.2, 0.25) is 5.02 Å². The first-order valence-electron chi connectivity index (χ1n) is 7.20. The second-order valence-corrected chi connectivity index (χ2v) is 5.83. The van der Waals surface area contributed by atoms with E-state index in [4.69, 9.17) is 11.6 Å². The van der Waals surface area contributed by atoms with E-state index in [2.05, 4.69) is 10.3 Å². The molecule has 1 aromatic carbocycles. The Hall–Kier alpha value is -1.65. The Morgan fingerprint density at radius 2 is 2.00 bits per heavy atom. The van der Waals surface area contributed by atoms with Gasteiger partial charge in [0.2, 0.25) is 0 Å². The fourth-order valence-electron chi connectivity index (χ4n) is 2.74. The maximum Gasteiger partial charge on any atom is 0.272 e. The van der Waals surface area contributed by atoms with Crippen molar-refractivity contribution in [3.8, 4) is 0 Å². The van der Waals surface area contributed by atoms with Crippen molar-refractivity contribution in [3.05, 3.63) is 41.0 Å². The molecule has 1 aliphatic rings. The molecule has 1 aromatic heterocycles. The van der Waals surface area contributed by atoms with Crippen LogP contribution in [0.25, 0.3) is 10.9 Å². The highest BCUT2D eigenvalue weighted by molar-refractivity contribution is 6.31. The summed E-state index contributed by atoms with van der Waals surface area (Å²) in [5.41, 5.74) is 1.26. The summed E-state index contributed by atoms with van der Waals surface area (Å²) in [4.78, 5) is 18.9. The predicted molar refractivity (Wildman–Crippen MR) is 84.7 cm³/mol. The number of benzene rings is 1. The molecule has 0 radical (unpaired) electrons. The summed E-state index contributed by atoms with van der Waals surface area (Å²) < 4.78 is 0. The Balaban J connectivity index is 1.81. The van der Waals surface area contributed by atoms with Crippen LogP contribution in [-0.2, 0) is 0 Å². The molecule has 0 unspecified atom stereocenters. The number of fused-ring (bicyclic) bond motifs is 1. The summed E-state index contributed by atoms with van der Waals surface area (Å²) in [6.07, 6.45) is 1.98. The van der Waals surface area contributed by atoms with Crippen LogP contribution in [0.15, 0.2) is 30.3 Å². The molecule has 1 saturated heterocycles. The zero-order valence-corrected chi connectivity index (χ0v) is 12.7. The number of carbonyl (C=O) groups is 1. The topological polar surface area (TPSA) is 45.2 Å². The van der Waals surface area contributed by atoms with Crippen molar-refractivity contribution in [3.63, 3.8) is 0 Å². The minimum Gasteiger partial charge on any atom is -0.337 e. The number of aromatic nitrogens is 1. The van der Waals surface area contributed by atoms with Gasteiger partial charge in [0.1, 0.15) is 5.69 Å². The number of halogens is 1. The van der Waals surface area contributed by atoms with Crippen LogP contribution in [0.5, 0.6) is 0 Å². The lowest BCUT2D eigenvalue weighted by Gasteiger charge is -2.31. The van der Waals surface area contributed by atoms with Crippen molar-refractivity contribution in [2.75, 3.05) is 20.1 Å². The maximum atomic E-state index is 12.5. The Labute approximate surface area is 129 Å². The first-order valence-corrected chi connectivity index (χ1v) is 7.58. The van der Waals surface area contributed by atoms with Crippen molar-refractivity contribution in [1.29, 1.82) is 0 Å². The van der Waals surface area contributed by atoms with Crippen molar-refractivity contribution in [2.45, 2.75) is 18.9 Å². The largest absolute Gasteiger partial charge is 0.337 e. The second-order valence-electron chi connectivity index (χ2n) is 5.39. The number of amides is 1. The lowest BCUT2D eigenvalue weighted by Crippen LogP contribution is -2.44. The molecule has 0 bridgehead atoms. The predicted octanol–water partition coefficient (Wildman–Crippen LogP) is 2.71. The molecule has 0 atom stereocenters. The number of nitrogens with one attached hydrogen (secondary N) is 1. The van der Waals surface area contributed by atoms with E-state index < -0.39 is 0 Å². The summed E-state index contributed by atoms with van der Waals surface area (Å²) in [5, 5.41) is 4.89. The molecule has 1 fully saturated rings. The highest BCUT2D eigenvalue weighted by Crippen LogP contribution is 2.19.